The lowest BCUT2D eigenvalue weighted by molar-refractivity contribution is 0.345. The van der Waals surface area contributed by atoms with Gasteiger partial charge in [0, 0.05) is 0 Å². The van der Waals surface area contributed by atoms with E-state index in [9.17, 15) is 0 Å². The molecule has 0 bridgehead atoms. The van der Waals surface area contributed by atoms with E-state index in [4.69, 9.17) is 27.9 Å². The van der Waals surface area contributed by atoms with Gasteiger partial charge >= 0.3 is 0 Å². The third-order valence-electron chi connectivity index (χ3n) is 0.928. The van der Waals surface area contributed by atoms with E-state index in [2.05, 4.69) is 21.8 Å². The molecule has 0 aliphatic heterocycles. The van der Waals surface area contributed by atoms with E-state index < -0.39 is 0 Å². The minimum atomic E-state index is -0.00142. The van der Waals surface area contributed by atoms with Crippen LogP contribution in [-0.2, 0) is 0 Å². The van der Waals surface area contributed by atoms with Crippen molar-refractivity contribution in [3.8, 4) is 5.88 Å². The maximum atomic E-state index is 5.58. The summed E-state index contributed by atoms with van der Waals surface area (Å²) < 4.78 is 5.02. The van der Waals surface area contributed by atoms with Gasteiger partial charge in [0.15, 0.2) is 0 Å². The molecule has 0 saturated heterocycles. The van der Waals surface area contributed by atoms with Gasteiger partial charge in [-0.05, 0) is 11.6 Å². The number of halogens is 2. The molecule has 0 aliphatic carbocycles. The van der Waals surface area contributed by atoms with Gasteiger partial charge in [-0.2, -0.15) is 4.98 Å². The molecule has 1 aromatic rings. The predicted octanol–water partition coefficient (Wildman–Crippen LogP) is 1.74. The maximum absolute atomic E-state index is 5.58. The molecule has 4 nitrogen and oxygen atoms in total. The van der Waals surface area contributed by atoms with Gasteiger partial charge in [-0.25, -0.2) is 0 Å². The van der Waals surface area contributed by atoms with Gasteiger partial charge in [0.1, 0.15) is 6.61 Å². The summed E-state index contributed by atoms with van der Waals surface area (Å²) in [7, 11) is 0. The largest absolute Gasteiger partial charge is 0.471 e. The normalized spacial score (nSPS) is 9.50. The molecule has 0 amide bonds. The molecule has 1 aromatic heterocycles. The molecule has 0 N–H and O–H groups in total. The molecule has 6 heteroatoms. The van der Waals surface area contributed by atoms with Crippen molar-refractivity contribution in [2.75, 3.05) is 6.61 Å². The van der Waals surface area contributed by atoms with Crippen molar-refractivity contribution < 1.29 is 4.74 Å². The SMILES string of the molecule is C=CCOc1nc(Cl)nnc1Cl. The second kappa shape index (κ2) is 4.23. The van der Waals surface area contributed by atoms with E-state index in [1.165, 1.54) is 0 Å². The van der Waals surface area contributed by atoms with E-state index in [0.717, 1.165) is 0 Å². The zero-order valence-electron chi connectivity index (χ0n) is 6.00. The number of nitrogens with zero attached hydrogens (tertiary/aromatic N) is 3. The Labute approximate surface area is 79.2 Å². The molecule has 0 radical (unpaired) electrons. The molecule has 64 valence electrons. The van der Waals surface area contributed by atoms with Crippen LogP contribution in [0.15, 0.2) is 12.7 Å². The summed E-state index contributed by atoms with van der Waals surface area (Å²) in [6, 6.07) is 0. The number of hydrogen-bond donors (Lipinski definition) is 0. The quantitative estimate of drug-likeness (QED) is 0.706. The molecular weight excluding hydrogens is 201 g/mol. The third-order valence-corrected chi connectivity index (χ3v) is 1.33. The summed E-state index contributed by atoms with van der Waals surface area (Å²) >= 11 is 11.0. The van der Waals surface area contributed by atoms with Gasteiger partial charge in [0.05, 0.1) is 0 Å². The lowest BCUT2D eigenvalue weighted by Gasteiger charge is -2.01. The molecule has 0 aliphatic rings. The zero-order valence-corrected chi connectivity index (χ0v) is 7.51. The van der Waals surface area contributed by atoms with Crippen LogP contribution in [0.25, 0.3) is 0 Å². The van der Waals surface area contributed by atoms with Crippen molar-refractivity contribution in [3.63, 3.8) is 0 Å². The molecule has 0 saturated carbocycles. The Morgan fingerprint density at radius 2 is 2.17 bits per heavy atom. The topological polar surface area (TPSA) is 47.9 Å². The number of ether oxygens (including phenoxy) is 1. The molecule has 0 unspecified atom stereocenters. The van der Waals surface area contributed by atoms with Crippen LogP contribution in [0.5, 0.6) is 5.88 Å². The fourth-order valence-corrected chi connectivity index (χ4v) is 0.759. The Morgan fingerprint density at radius 1 is 1.42 bits per heavy atom. The van der Waals surface area contributed by atoms with Gasteiger partial charge in [-0.3, -0.25) is 0 Å². The second-order valence-electron chi connectivity index (χ2n) is 1.78. The van der Waals surface area contributed by atoms with Crippen molar-refractivity contribution in [1.82, 2.24) is 15.2 Å². The number of hydrogen-bond acceptors (Lipinski definition) is 4. The van der Waals surface area contributed by atoms with Gasteiger partial charge < -0.3 is 4.74 Å². The molecular formula is C6H5Cl2N3O. The average Bonchev–Trinajstić information content (AvgIpc) is 2.07. The Kier molecular flexibility index (Phi) is 3.25. The first-order valence-corrected chi connectivity index (χ1v) is 3.79. The highest BCUT2D eigenvalue weighted by Gasteiger charge is 2.05. The van der Waals surface area contributed by atoms with E-state index >= 15 is 0 Å². The highest BCUT2D eigenvalue weighted by Crippen LogP contribution is 2.18. The number of rotatable bonds is 3. The van der Waals surface area contributed by atoms with Gasteiger partial charge in [-0.15, -0.1) is 10.2 Å². The van der Waals surface area contributed by atoms with Crippen LogP contribution in [-0.4, -0.2) is 21.8 Å². The Hall–Kier alpha value is -0.870. The van der Waals surface area contributed by atoms with Crippen LogP contribution < -0.4 is 4.74 Å². The predicted molar refractivity (Wildman–Crippen MR) is 45.5 cm³/mol. The average molecular weight is 206 g/mol. The minimum absolute atomic E-state index is 0.00142. The van der Waals surface area contributed by atoms with Crippen molar-refractivity contribution in [2.45, 2.75) is 0 Å². The van der Waals surface area contributed by atoms with E-state index in [-0.39, 0.29) is 16.3 Å². The van der Waals surface area contributed by atoms with Crippen LogP contribution >= 0.6 is 23.2 Å². The molecule has 1 heterocycles. The van der Waals surface area contributed by atoms with E-state index in [0.29, 0.717) is 6.61 Å². The lowest BCUT2D eigenvalue weighted by Crippen LogP contribution is -1.99. The molecule has 0 spiro atoms. The van der Waals surface area contributed by atoms with Crippen molar-refractivity contribution in [3.05, 3.63) is 23.1 Å². The molecule has 0 fully saturated rings. The summed E-state index contributed by atoms with van der Waals surface area (Å²) in [4.78, 5) is 3.70. The highest BCUT2D eigenvalue weighted by molar-refractivity contribution is 6.31. The van der Waals surface area contributed by atoms with Crippen LogP contribution in [0, 0.1) is 0 Å². The summed E-state index contributed by atoms with van der Waals surface area (Å²) in [5.41, 5.74) is 0. The van der Waals surface area contributed by atoms with E-state index in [1.807, 2.05) is 0 Å². The summed E-state index contributed by atoms with van der Waals surface area (Å²) in [6.07, 6.45) is 1.56. The smallest absolute Gasteiger partial charge is 0.257 e. The summed E-state index contributed by atoms with van der Waals surface area (Å²) in [6.45, 7) is 3.76. The molecule has 0 aromatic carbocycles. The van der Waals surface area contributed by atoms with Crippen molar-refractivity contribution in [1.29, 1.82) is 0 Å². The van der Waals surface area contributed by atoms with Gasteiger partial charge in [0.2, 0.25) is 10.4 Å². The van der Waals surface area contributed by atoms with Gasteiger partial charge in [-0.1, -0.05) is 24.3 Å². The first-order chi connectivity index (χ1) is 5.74. The van der Waals surface area contributed by atoms with Crippen LogP contribution in [0.3, 0.4) is 0 Å². The molecule has 0 atom stereocenters. The highest BCUT2D eigenvalue weighted by atomic mass is 35.5. The third kappa shape index (κ3) is 2.32. The molecule has 12 heavy (non-hydrogen) atoms. The summed E-state index contributed by atoms with van der Waals surface area (Å²) in [5.74, 6) is 0.163. The standard InChI is InChI=1S/C6H5Cl2N3O/c1-2-3-12-5-4(7)10-11-6(8)9-5/h2H,1,3H2. The Bertz CT molecular complexity index is 292. The first-order valence-electron chi connectivity index (χ1n) is 3.03. The fourth-order valence-electron chi connectivity index (χ4n) is 0.510. The Balaban J connectivity index is 2.82. The van der Waals surface area contributed by atoms with Gasteiger partial charge in [0.25, 0.3) is 5.88 Å². The lowest BCUT2D eigenvalue weighted by atomic mass is 10.7. The van der Waals surface area contributed by atoms with Crippen LogP contribution in [0.2, 0.25) is 10.4 Å². The molecule has 1 rings (SSSR count). The van der Waals surface area contributed by atoms with Crippen LogP contribution in [0.4, 0.5) is 0 Å². The van der Waals surface area contributed by atoms with Crippen molar-refractivity contribution in [2.24, 2.45) is 0 Å². The fraction of sp³-hybridized carbons (Fsp3) is 0.167. The van der Waals surface area contributed by atoms with Crippen LogP contribution in [0.1, 0.15) is 0 Å². The second-order valence-corrected chi connectivity index (χ2v) is 2.47. The minimum Gasteiger partial charge on any atom is -0.471 e. The zero-order chi connectivity index (χ0) is 8.97. The summed E-state index contributed by atoms with van der Waals surface area (Å²) in [5, 5.41) is 6.99. The number of aromatic nitrogens is 3. The maximum Gasteiger partial charge on any atom is 0.257 e. The monoisotopic (exact) mass is 205 g/mol. The van der Waals surface area contributed by atoms with E-state index in [1.54, 1.807) is 6.08 Å². The Morgan fingerprint density at radius 3 is 2.83 bits per heavy atom. The first kappa shape index (κ1) is 9.22. The van der Waals surface area contributed by atoms with Crippen molar-refractivity contribution >= 4 is 23.2 Å².